The molecule has 0 fully saturated rings. The van der Waals surface area contributed by atoms with E-state index in [4.69, 9.17) is 27.9 Å². The molecule has 0 aliphatic carbocycles. The Morgan fingerprint density at radius 3 is 2.76 bits per heavy atom. The zero-order chi connectivity index (χ0) is 15.4. The van der Waals surface area contributed by atoms with E-state index in [2.05, 4.69) is 21.2 Å². The maximum Gasteiger partial charge on any atom is 0.262 e. The lowest BCUT2D eigenvalue weighted by atomic mass is 10.2. The zero-order valence-corrected chi connectivity index (χ0v) is 14.2. The van der Waals surface area contributed by atoms with E-state index in [1.165, 1.54) is 0 Å². The molecule has 0 atom stereocenters. The summed E-state index contributed by atoms with van der Waals surface area (Å²) in [4.78, 5) is 11.9. The van der Waals surface area contributed by atoms with Gasteiger partial charge in [-0.1, -0.05) is 45.2 Å². The van der Waals surface area contributed by atoms with Crippen LogP contribution in [0.1, 0.15) is 5.56 Å². The van der Waals surface area contributed by atoms with Gasteiger partial charge in [-0.2, -0.15) is 0 Å². The molecule has 2 aromatic carbocycles. The summed E-state index contributed by atoms with van der Waals surface area (Å²) in [5.74, 6) is 0.114. The van der Waals surface area contributed by atoms with Gasteiger partial charge in [0.1, 0.15) is 10.8 Å². The lowest BCUT2D eigenvalue weighted by Crippen LogP contribution is -2.20. The summed E-state index contributed by atoms with van der Waals surface area (Å²) in [7, 11) is 0. The third-order valence-corrected chi connectivity index (χ3v) is 4.03. The number of anilines is 1. The molecule has 0 aromatic heterocycles. The molecule has 6 heteroatoms. The Bertz CT molecular complexity index is 677. The van der Waals surface area contributed by atoms with Crippen molar-refractivity contribution < 1.29 is 9.53 Å². The van der Waals surface area contributed by atoms with Gasteiger partial charge in [0.25, 0.3) is 5.91 Å². The summed E-state index contributed by atoms with van der Waals surface area (Å²) in [6.45, 7) is 1.77. The highest BCUT2D eigenvalue weighted by molar-refractivity contribution is 9.10. The van der Waals surface area contributed by atoms with Crippen molar-refractivity contribution in [3.8, 4) is 5.75 Å². The number of hydrogen-bond acceptors (Lipinski definition) is 2. The summed E-state index contributed by atoms with van der Waals surface area (Å²) < 4.78 is 6.34. The van der Waals surface area contributed by atoms with E-state index in [-0.39, 0.29) is 12.5 Å². The fraction of sp³-hybridized carbons (Fsp3) is 0.133. The molecule has 1 N–H and O–H groups in total. The van der Waals surface area contributed by atoms with E-state index < -0.39 is 0 Å². The van der Waals surface area contributed by atoms with Crippen LogP contribution >= 0.6 is 39.1 Å². The van der Waals surface area contributed by atoms with E-state index >= 15 is 0 Å². The second kappa shape index (κ2) is 7.16. The molecule has 0 spiro atoms. The standard InChI is InChI=1S/C15H12BrCl2NO2/c1-9-7-10(16)5-6-12(9)19-14(20)8-21-13-4-2-3-11(17)15(13)18/h2-7H,8H2,1H3,(H,19,20). The first kappa shape index (κ1) is 16.1. The minimum atomic E-state index is -0.267. The highest BCUT2D eigenvalue weighted by Gasteiger charge is 2.09. The Balaban J connectivity index is 1.97. The second-order valence-electron chi connectivity index (χ2n) is 4.35. The van der Waals surface area contributed by atoms with Crippen LogP contribution in [0.3, 0.4) is 0 Å². The van der Waals surface area contributed by atoms with Crippen LogP contribution in [0.5, 0.6) is 5.75 Å². The molecule has 0 saturated heterocycles. The molecule has 21 heavy (non-hydrogen) atoms. The van der Waals surface area contributed by atoms with E-state index in [1.54, 1.807) is 18.2 Å². The number of carbonyl (C=O) groups is 1. The number of carbonyl (C=O) groups excluding carboxylic acids is 1. The van der Waals surface area contributed by atoms with Gasteiger partial charge in [-0.3, -0.25) is 4.79 Å². The van der Waals surface area contributed by atoms with E-state index in [0.29, 0.717) is 15.8 Å². The molecule has 3 nitrogen and oxygen atoms in total. The quantitative estimate of drug-likeness (QED) is 0.792. The number of rotatable bonds is 4. The number of halogens is 3. The molecule has 110 valence electrons. The minimum absolute atomic E-state index is 0.143. The number of benzene rings is 2. The van der Waals surface area contributed by atoms with Gasteiger partial charge in [-0.15, -0.1) is 0 Å². The van der Waals surface area contributed by atoms with Crippen LogP contribution in [0.25, 0.3) is 0 Å². The predicted molar refractivity (Wildman–Crippen MR) is 89.5 cm³/mol. The van der Waals surface area contributed by atoms with Crippen LogP contribution < -0.4 is 10.1 Å². The van der Waals surface area contributed by atoms with Crippen LogP contribution in [-0.4, -0.2) is 12.5 Å². The molecule has 1 amide bonds. The molecule has 0 saturated carbocycles. The van der Waals surface area contributed by atoms with Crippen molar-refractivity contribution in [3.05, 3.63) is 56.5 Å². The molecule has 0 aliphatic rings. The summed E-state index contributed by atoms with van der Waals surface area (Å²) in [5, 5.41) is 3.47. The Morgan fingerprint density at radius 1 is 1.29 bits per heavy atom. The smallest absolute Gasteiger partial charge is 0.262 e. The molecule has 2 rings (SSSR count). The van der Waals surface area contributed by atoms with Gasteiger partial charge in [0.15, 0.2) is 6.61 Å². The predicted octanol–water partition coefficient (Wildman–Crippen LogP) is 5.08. The van der Waals surface area contributed by atoms with Gasteiger partial charge in [-0.25, -0.2) is 0 Å². The van der Waals surface area contributed by atoms with Crippen molar-refractivity contribution in [3.63, 3.8) is 0 Å². The van der Waals surface area contributed by atoms with Crippen LogP contribution in [0.15, 0.2) is 40.9 Å². The van der Waals surface area contributed by atoms with Crippen molar-refractivity contribution in [1.82, 2.24) is 0 Å². The van der Waals surface area contributed by atoms with E-state index in [1.807, 2.05) is 25.1 Å². The van der Waals surface area contributed by atoms with Crippen LogP contribution in [-0.2, 0) is 4.79 Å². The van der Waals surface area contributed by atoms with Crippen LogP contribution in [0, 0.1) is 6.92 Å². The lowest BCUT2D eigenvalue weighted by Gasteiger charge is -2.11. The molecular formula is C15H12BrCl2NO2. The van der Waals surface area contributed by atoms with Crippen LogP contribution in [0.4, 0.5) is 5.69 Å². The number of hydrogen-bond donors (Lipinski definition) is 1. The molecule has 0 unspecified atom stereocenters. The number of nitrogens with one attached hydrogen (secondary N) is 1. The van der Waals surface area contributed by atoms with Crippen molar-refractivity contribution in [2.45, 2.75) is 6.92 Å². The first-order chi connectivity index (χ1) is 9.97. The monoisotopic (exact) mass is 387 g/mol. The minimum Gasteiger partial charge on any atom is -0.482 e. The van der Waals surface area contributed by atoms with Gasteiger partial charge in [0.05, 0.1) is 5.02 Å². The van der Waals surface area contributed by atoms with Gasteiger partial charge in [-0.05, 0) is 42.8 Å². The number of aryl methyl sites for hydroxylation is 1. The summed E-state index contributed by atoms with van der Waals surface area (Å²) >= 11 is 15.2. The highest BCUT2D eigenvalue weighted by Crippen LogP contribution is 2.31. The van der Waals surface area contributed by atoms with Gasteiger partial charge >= 0.3 is 0 Å². The molecule has 0 radical (unpaired) electrons. The summed E-state index contributed by atoms with van der Waals surface area (Å²) in [5.41, 5.74) is 1.70. The SMILES string of the molecule is Cc1cc(Br)ccc1NC(=O)COc1cccc(Cl)c1Cl. The third kappa shape index (κ3) is 4.37. The fourth-order valence-electron chi connectivity index (χ4n) is 1.69. The molecule has 0 bridgehead atoms. The Kier molecular flexibility index (Phi) is 5.51. The van der Waals surface area contributed by atoms with E-state index in [0.717, 1.165) is 15.7 Å². The first-order valence-electron chi connectivity index (χ1n) is 6.10. The maximum atomic E-state index is 11.9. The topological polar surface area (TPSA) is 38.3 Å². The second-order valence-corrected chi connectivity index (χ2v) is 6.05. The third-order valence-electron chi connectivity index (χ3n) is 2.74. The first-order valence-corrected chi connectivity index (χ1v) is 7.65. The molecule has 2 aromatic rings. The number of ether oxygens (including phenoxy) is 1. The van der Waals surface area contributed by atoms with Crippen molar-refractivity contribution in [1.29, 1.82) is 0 Å². The molecule has 0 heterocycles. The van der Waals surface area contributed by atoms with Crippen LogP contribution in [0.2, 0.25) is 10.0 Å². The van der Waals surface area contributed by atoms with E-state index in [9.17, 15) is 4.79 Å². The Labute approximate surface area is 141 Å². The summed E-state index contributed by atoms with van der Waals surface area (Å²) in [6, 6.07) is 10.6. The van der Waals surface area contributed by atoms with Crippen molar-refractivity contribution in [2.24, 2.45) is 0 Å². The van der Waals surface area contributed by atoms with Crippen molar-refractivity contribution in [2.75, 3.05) is 11.9 Å². The lowest BCUT2D eigenvalue weighted by molar-refractivity contribution is -0.118. The Hall–Kier alpha value is -1.23. The van der Waals surface area contributed by atoms with Crippen molar-refractivity contribution >= 4 is 50.7 Å². The summed E-state index contributed by atoms with van der Waals surface area (Å²) in [6.07, 6.45) is 0. The number of amides is 1. The van der Waals surface area contributed by atoms with Gasteiger partial charge < -0.3 is 10.1 Å². The normalized spacial score (nSPS) is 10.3. The fourth-order valence-corrected chi connectivity index (χ4v) is 2.51. The average Bonchev–Trinajstić information content (AvgIpc) is 2.43. The highest BCUT2D eigenvalue weighted by atomic mass is 79.9. The largest absolute Gasteiger partial charge is 0.482 e. The average molecular weight is 389 g/mol. The zero-order valence-electron chi connectivity index (χ0n) is 11.1. The maximum absolute atomic E-state index is 11.9. The Morgan fingerprint density at radius 2 is 2.05 bits per heavy atom. The van der Waals surface area contributed by atoms with Gasteiger partial charge in [0.2, 0.25) is 0 Å². The molecule has 0 aliphatic heterocycles. The molecular weight excluding hydrogens is 377 g/mol. The van der Waals surface area contributed by atoms with Gasteiger partial charge in [0, 0.05) is 10.2 Å².